The number of rotatable bonds is 3. The molecule has 0 saturated carbocycles. The zero-order valence-corrected chi connectivity index (χ0v) is 12.1. The summed E-state index contributed by atoms with van der Waals surface area (Å²) in [4.78, 5) is 0. The van der Waals surface area contributed by atoms with E-state index in [1.807, 2.05) is 36.0 Å². The van der Waals surface area contributed by atoms with Gasteiger partial charge in [-0.2, -0.15) is 5.10 Å². The summed E-state index contributed by atoms with van der Waals surface area (Å²) in [7, 11) is 1.99. The Balaban J connectivity index is 1.87. The average Bonchev–Trinajstić information content (AvgIpc) is 2.85. The lowest BCUT2D eigenvalue weighted by Gasteiger charge is -1.98. The standard InChI is InChI=1S/C17H16N4O/c1-21-11-13(15-4-2-3-5-16(15)21)10-19-20-17(18)12-6-8-14(22)9-7-12/h2-11,22H,1H3,(H2,18,20). The number of nitrogens with two attached hydrogens (primary N) is 1. The first-order valence-corrected chi connectivity index (χ1v) is 6.85. The van der Waals surface area contributed by atoms with Crippen LogP contribution in [0.3, 0.4) is 0 Å². The second-order valence-corrected chi connectivity index (χ2v) is 4.99. The van der Waals surface area contributed by atoms with E-state index in [0.29, 0.717) is 11.4 Å². The van der Waals surface area contributed by atoms with Crippen molar-refractivity contribution in [3.05, 3.63) is 65.9 Å². The van der Waals surface area contributed by atoms with Gasteiger partial charge < -0.3 is 15.4 Å². The molecule has 3 aromatic rings. The fraction of sp³-hybridized carbons (Fsp3) is 0.0588. The second-order valence-electron chi connectivity index (χ2n) is 4.99. The first-order valence-electron chi connectivity index (χ1n) is 6.85. The Morgan fingerprint density at radius 1 is 1.14 bits per heavy atom. The number of amidine groups is 1. The molecule has 0 atom stereocenters. The molecule has 0 aliphatic carbocycles. The Hall–Kier alpha value is -3.08. The smallest absolute Gasteiger partial charge is 0.153 e. The van der Waals surface area contributed by atoms with Gasteiger partial charge in [0.1, 0.15) is 5.75 Å². The number of fused-ring (bicyclic) bond motifs is 1. The summed E-state index contributed by atoms with van der Waals surface area (Å²) in [5.41, 5.74) is 8.72. The molecule has 110 valence electrons. The van der Waals surface area contributed by atoms with E-state index < -0.39 is 0 Å². The van der Waals surface area contributed by atoms with Gasteiger partial charge in [-0.15, -0.1) is 5.10 Å². The van der Waals surface area contributed by atoms with Gasteiger partial charge in [-0.1, -0.05) is 18.2 Å². The summed E-state index contributed by atoms with van der Waals surface area (Å²) in [6.07, 6.45) is 3.69. The van der Waals surface area contributed by atoms with Crippen molar-refractivity contribution in [2.45, 2.75) is 0 Å². The van der Waals surface area contributed by atoms with E-state index in [-0.39, 0.29) is 5.75 Å². The molecule has 22 heavy (non-hydrogen) atoms. The summed E-state index contributed by atoms with van der Waals surface area (Å²) in [6.45, 7) is 0. The summed E-state index contributed by atoms with van der Waals surface area (Å²) in [5.74, 6) is 0.493. The molecule has 0 aliphatic heterocycles. The van der Waals surface area contributed by atoms with E-state index >= 15 is 0 Å². The quantitative estimate of drug-likeness (QED) is 0.442. The minimum Gasteiger partial charge on any atom is -0.508 e. The van der Waals surface area contributed by atoms with Crippen LogP contribution in [0.4, 0.5) is 0 Å². The molecule has 0 radical (unpaired) electrons. The van der Waals surface area contributed by atoms with Crippen LogP contribution in [0.25, 0.3) is 10.9 Å². The third-order valence-corrected chi connectivity index (χ3v) is 3.45. The molecule has 3 N–H and O–H groups in total. The molecule has 2 aromatic carbocycles. The summed E-state index contributed by atoms with van der Waals surface area (Å²) >= 11 is 0. The predicted molar refractivity (Wildman–Crippen MR) is 89.3 cm³/mol. The van der Waals surface area contributed by atoms with Gasteiger partial charge in [0.25, 0.3) is 0 Å². The molecule has 5 nitrogen and oxygen atoms in total. The normalized spacial score (nSPS) is 12.3. The predicted octanol–water partition coefficient (Wildman–Crippen LogP) is 2.62. The molecular weight excluding hydrogens is 276 g/mol. The number of phenolic OH excluding ortho intramolecular Hbond substituents is 1. The summed E-state index contributed by atoms with van der Waals surface area (Å²) < 4.78 is 2.05. The topological polar surface area (TPSA) is 75.9 Å². The van der Waals surface area contributed by atoms with Gasteiger partial charge in [-0.25, -0.2) is 0 Å². The Morgan fingerprint density at radius 2 is 1.86 bits per heavy atom. The molecule has 1 heterocycles. The highest BCUT2D eigenvalue weighted by molar-refractivity contribution is 6.00. The van der Waals surface area contributed by atoms with Crippen LogP contribution in [0.15, 0.2) is 64.9 Å². The van der Waals surface area contributed by atoms with Gasteiger partial charge in [-0.3, -0.25) is 0 Å². The van der Waals surface area contributed by atoms with Crippen LogP contribution in [-0.4, -0.2) is 21.7 Å². The largest absolute Gasteiger partial charge is 0.508 e. The molecule has 0 fully saturated rings. The van der Waals surface area contributed by atoms with Gasteiger partial charge in [0.05, 0.1) is 6.21 Å². The molecule has 5 heteroatoms. The highest BCUT2D eigenvalue weighted by Crippen LogP contribution is 2.18. The fourth-order valence-electron chi connectivity index (χ4n) is 2.32. The summed E-state index contributed by atoms with van der Waals surface area (Å²) in [5, 5.41) is 18.4. The molecule has 0 saturated heterocycles. The molecule has 1 aromatic heterocycles. The Labute approximate surface area is 128 Å². The van der Waals surface area contributed by atoms with Gasteiger partial charge >= 0.3 is 0 Å². The van der Waals surface area contributed by atoms with Gasteiger partial charge in [0, 0.05) is 35.3 Å². The number of aryl methyl sites for hydroxylation is 1. The minimum absolute atomic E-state index is 0.191. The van der Waals surface area contributed by atoms with Crippen LogP contribution in [0, 0.1) is 0 Å². The van der Waals surface area contributed by atoms with Crippen molar-refractivity contribution in [1.29, 1.82) is 0 Å². The molecule has 0 amide bonds. The lowest BCUT2D eigenvalue weighted by atomic mass is 10.2. The molecule has 3 rings (SSSR count). The maximum absolute atomic E-state index is 9.25. The molecule has 0 bridgehead atoms. The number of phenols is 1. The first kappa shape index (κ1) is 13.9. The maximum Gasteiger partial charge on any atom is 0.153 e. The van der Waals surface area contributed by atoms with Crippen molar-refractivity contribution >= 4 is 23.0 Å². The van der Waals surface area contributed by atoms with Gasteiger partial charge in [-0.05, 0) is 30.3 Å². The Bertz CT molecular complexity index is 860. The monoisotopic (exact) mass is 292 g/mol. The van der Waals surface area contributed by atoms with Gasteiger partial charge in [0.15, 0.2) is 5.84 Å². The maximum atomic E-state index is 9.25. The number of para-hydroxylation sites is 1. The average molecular weight is 292 g/mol. The fourth-order valence-corrected chi connectivity index (χ4v) is 2.32. The lowest BCUT2D eigenvalue weighted by molar-refractivity contribution is 0.475. The van der Waals surface area contributed by atoms with Crippen LogP contribution in [0.1, 0.15) is 11.1 Å². The Morgan fingerprint density at radius 3 is 2.64 bits per heavy atom. The molecule has 0 aliphatic rings. The lowest BCUT2D eigenvalue weighted by Crippen LogP contribution is -2.12. The molecule has 0 unspecified atom stereocenters. The van der Waals surface area contributed by atoms with Crippen molar-refractivity contribution in [2.75, 3.05) is 0 Å². The second kappa shape index (κ2) is 5.73. The number of nitrogens with zero attached hydrogens (tertiary/aromatic N) is 3. The molecular formula is C17H16N4O. The van der Waals surface area contributed by atoms with Crippen molar-refractivity contribution in [2.24, 2.45) is 23.0 Å². The third kappa shape index (κ3) is 2.69. The van der Waals surface area contributed by atoms with Crippen LogP contribution in [-0.2, 0) is 7.05 Å². The van der Waals surface area contributed by atoms with Crippen LogP contribution in [0.2, 0.25) is 0 Å². The number of aromatic hydroxyl groups is 1. The van der Waals surface area contributed by atoms with E-state index in [1.165, 1.54) is 0 Å². The molecule has 0 spiro atoms. The first-order chi connectivity index (χ1) is 10.6. The Kier molecular flexibility index (Phi) is 3.62. The zero-order valence-electron chi connectivity index (χ0n) is 12.1. The van der Waals surface area contributed by atoms with E-state index in [9.17, 15) is 5.11 Å². The van der Waals surface area contributed by atoms with E-state index in [1.54, 1.807) is 30.5 Å². The third-order valence-electron chi connectivity index (χ3n) is 3.45. The van der Waals surface area contributed by atoms with Crippen molar-refractivity contribution in [3.8, 4) is 5.75 Å². The highest BCUT2D eigenvalue weighted by atomic mass is 16.3. The van der Waals surface area contributed by atoms with Crippen LogP contribution in [0.5, 0.6) is 5.75 Å². The minimum atomic E-state index is 0.191. The van der Waals surface area contributed by atoms with E-state index in [0.717, 1.165) is 16.5 Å². The van der Waals surface area contributed by atoms with Gasteiger partial charge in [0.2, 0.25) is 0 Å². The van der Waals surface area contributed by atoms with Crippen molar-refractivity contribution in [1.82, 2.24) is 4.57 Å². The van der Waals surface area contributed by atoms with E-state index in [2.05, 4.69) is 16.3 Å². The number of aromatic nitrogens is 1. The highest BCUT2D eigenvalue weighted by Gasteiger charge is 2.03. The van der Waals surface area contributed by atoms with Crippen LogP contribution < -0.4 is 5.73 Å². The van der Waals surface area contributed by atoms with Crippen LogP contribution >= 0.6 is 0 Å². The van der Waals surface area contributed by atoms with E-state index in [4.69, 9.17) is 5.73 Å². The SMILES string of the molecule is Cn1cc(C=NN=C(N)c2ccc(O)cc2)c2ccccc21. The zero-order chi connectivity index (χ0) is 15.5. The van der Waals surface area contributed by atoms with Crippen molar-refractivity contribution in [3.63, 3.8) is 0 Å². The number of benzene rings is 2. The van der Waals surface area contributed by atoms with Crippen molar-refractivity contribution < 1.29 is 5.11 Å². The summed E-state index contributed by atoms with van der Waals surface area (Å²) in [6, 6.07) is 14.6. The number of hydrogen-bond donors (Lipinski definition) is 2. The number of hydrogen-bond acceptors (Lipinski definition) is 3.